The van der Waals surface area contributed by atoms with Crippen LogP contribution in [-0.2, 0) is 16.1 Å². The second-order valence-corrected chi connectivity index (χ2v) is 4.59. The average Bonchev–Trinajstić information content (AvgIpc) is 2.86. The maximum absolute atomic E-state index is 11.2. The molecule has 0 N–H and O–H groups in total. The molecular weight excluding hydrogens is 286 g/mol. The highest BCUT2D eigenvalue weighted by molar-refractivity contribution is 7.99. The van der Waals surface area contributed by atoms with Gasteiger partial charge in [-0.3, -0.25) is 14.9 Å². The molecule has 1 aromatic carbocycles. The quantitative estimate of drug-likeness (QED) is 0.454. The van der Waals surface area contributed by atoms with Crippen molar-refractivity contribution in [3.05, 3.63) is 34.4 Å². The van der Waals surface area contributed by atoms with E-state index in [0.717, 1.165) is 11.8 Å². The minimum absolute atomic E-state index is 0.0259. The van der Waals surface area contributed by atoms with E-state index in [1.165, 1.54) is 23.9 Å². The number of carbonyl (C=O) groups is 1. The summed E-state index contributed by atoms with van der Waals surface area (Å²) in [6.45, 7) is -0.124. The van der Waals surface area contributed by atoms with E-state index in [1.54, 1.807) is 12.1 Å². The van der Waals surface area contributed by atoms with Crippen LogP contribution in [-0.4, -0.2) is 38.2 Å². The highest BCUT2D eigenvalue weighted by Crippen LogP contribution is 2.27. The number of nitro benzene ring substituents is 1. The number of non-ortho nitro benzene ring substituents is 1. The number of hydrogen-bond donors (Lipinski definition) is 0. The molecule has 9 nitrogen and oxygen atoms in total. The molecule has 0 saturated heterocycles. The average molecular weight is 295 g/mol. The van der Waals surface area contributed by atoms with Gasteiger partial charge in [0.1, 0.15) is 6.54 Å². The van der Waals surface area contributed by atoms with Crippen LogP contribution in [0.5, 0.6) is 0 Å². The Labute approximate surface area is 117 Å². The van der Waals surface area contributed by atoms with Gasteiger partial charge in [-0.15, -0.1) is 5.10 Å². The summed E-state index contributed by atoms with van der Waals surface area (Å²) in [5, 5.41) is 21.9. The van der Waals surface area contributed by atoms with Crippen molar-refractivity contribution in [3.63, 3.8) is 0 Å². The third-order valence-electron chi connectivity index (χ3n) is 2.24. The Balaban J connectivity index is 2.18. The van der Waals surface area contributed by atoms with Crippen LogP contribution in [0.3, 0.4) is 0 Å². The zero-order valence-electron chi connectivity index (χ0n) is 10.3. The topological polar surface area (TPSA) is 113 Å². The highest BCUT2D eigenvalue weighted by atomic mass is 32.2. The van der Waals surface area contributed by atoms with Crippen LogP contribution >= 0.6 is 11.8 Å². The maximum atomic E-state index is 11.2. The van der Waals surface area contributed by atoms with Gasteiger partial charge >= 0.3 is 5.97 Å². The van der Waals surface area contributed by atoms with E-state index in [1.807, 2.05) is 0 Å². The van der Waals surface area contributed by atoms with Crippen LogP contribution < -0.4 is 0 Å². The molecule has 2 rings (SSSR count). The Morgan fingerprint density at radius 2 is 2.35 bits per heavy atom. The predicted octanol–water partition coefficient (Wildman–Crippen LogP) is 0.905. The smallest absolute Gasteiger partial charge is 0.327 e. The minimum atomic E-state index is -0.488. The number of ether oxygens (including phenoxy) is 1. The molecule has 0 spiro atoms. The Hall–Kier alpha value is -2.49. The number of hydrogen-bond acceptors (Lipinski definition) is 8. The molecule has 0 radical (unpaired) electrons. The van der Waals surface area contributed by atoms with Crippen LogP contribution in [0.1, 0.15) is 0 Å². The van der Waals surface area contributed by atoms with Crippen molar-refractivity contribution in [2.45, 2.75) is 16.6 Å². The first kappa shape index (κ1) is 13.9. The van der Waals surface area contributed by atoms with E-state index in [2.05, 4.69) is 20.3 Å². The number of nitrogens with zero attached hydrogens (tertiary/aromatic N) is 5. The highest BCUT2D eigenvalue weighted by Gasteiger charge is 2.13. The van der Waals surface area contributed by atoms with E-state index >= 15 is 0 Å². The number of esters is 1. The summed E-state index contributed by atoms with van der Waals surface area (Å²) < 4.78 is 5.78. The number of aromatic nitrogens is 4. The first-order valence-electron chi connectivity index (χ1n) is 5.35. The lowest BCUT2D eigenvalue weighted by Crippen LogP contribution is -2.13. The fourth-order valence-electron chi connectivity index (χ4n) is 1.32. The molecule has 0 amide bonds. The van der Waals surface area contributed by atoms with Gasteiger partial charge in [0.05, 0.1) is 12.0 Å². The molecular formula is C10H9N5O4S. The van der Waals surface area contributed by atoms with Crippen LogP contribution in [0.4, 0.5) is 5.69 Å². The van der Waals surface area contributed by atoms with Gasteiger partial charge in [-0.1, -0.05) is 6.07 Å². The lowest BCUT2D eigenvalue weighted by atomic mass is 10.3. The van der Waals surface area contributed by atoms with E-state index in [4.69, 9.17) is 0 Å². The van der Waals surface area contributed by atoms with Crippen LogP contribution in [0.15, 0.2) is 34.3 Å². The van der Waals surface area contributed by atoms with Gasteiger partial charge in [-0.05, 0) is 28.3 Å². The second-order valence-electron chi connectivity index (χ2n) is 3.55. The van der Waals surface area contributed by atoms with Gasteiger partial charge in [0.15, 0.2) is 0 Å². The largest absolute Gasteiger partial charge is 0.468 e. The van der Waals surface area contributed by atoms with E-state index < -0.39 is 10.9 Å². The zero-order valence-corrected chi connectivity index (χ0v) is 11.1. The monoisotopic (exact) mass is 295 g/mol. The summed E-state index contributed by atoms with van der Waals surface area (Å²) in [6.07, 6.45) is 0. The van der Waals surface area contributed by atoms with Crippen LogP contribution in [0, 0.1) is 10.1 Å². The number of rotatable bonds is 5. The molecule has 0 fully saturated rings. The molecule has 1 aromatic heterocycles. The van der Waals surface area contributed by atoms with Crippen molar-refractivity contribution >= 4 is 23.4 Å². The number of methoxy groups -OCH3 is 1. The molecule has 2 aromatic rings. The minimum Gasteiger partial charge on any atom is -0.468 e. The first-order chi connectivity index (χ1) is 9.60. The van der Waals surface area contributed by atoms with Gasteiger partial charge in [0.25, 0.3) is 5.69 Å². The molecule has 0 aliphatic carbocycles. The predicted molar refractivity (Wildman–Crippen MR) is 67.1 cm³/mol. The van der Waals surface area contributed by atoms with Crippen LogP contribution in [0.25, 0.3) is 0 Å². The van der Waals surface area contributed by atoms with Crippen molar-refractivity contribution in [1.82, 2.24) is 20.2 Å². The third kappa shape index (κ3) is 3.29. The molecule has 0 saturated carbocycles. The summed E-state index contributed by atoms with van der Waals surface area (Å²) in [6, 6.07) is 6.05. The second kappa shape index (κ2) is 6.10. The van der Waals surface area contributed by atoms with Gasteiger partial charge < -0.3 is 4.74 Å². The Kier molecular flexibility index (Phi) is 4.25. The van der Waals surface area contributed by atoms with Crippen molar-refractivity contribution in [1.29, 1.82) is 0 Å². The van der Waals surface area contributed by atoms with Crippen molar-refractivity contribution < 1.29 is 14.5 Å². The van der Waals surface area contributed by atoms with Gasteiger partial charge in [-0.25, -0.2) is 4.68 Å². The summed E-state index contributed by atoms with van der Waals surface area (Å²) in [5.41, 5.74) is -0.0259. The van der Waals surface area contributed by atoms with Gasteiger partial charge in [0, 0.05) is 17.0 Å². The zero-order chi connectivity index (χ0) is 14.5. The molecule has 0 aliphatic heterocycles. The third-order valence-corrected chi connectivity index (χ3v) is 3.21. The number of nitro groups is 1. The van der Waals surface area contributed by atoms with E-state index in [9.17, 15) is 14.9 Å². The van der Waals surface area contributed by atoms with E-state index in [0.29, 0.717) is 10.1 Å². The molecule has 0 bridgehead atoms. The number of carbonyl (C=O) groups excluding carboxylic acids is 1. The SMILES string of the molecule is COC(=O)Cn1nnnc1Sc1cccc([N+](=O)[O-])c1. The Morgan fingerprint density at radius 1 is 1.55 bits per heavy atom. The molecule has 104 valence electrons. The normalized spacial score (nSPS) is 10.2. The van der Waals surface area contributed by atoms with Gasteiger partial charge in [0.2, 0.25) is 5.16 Å². The van der Waals surface area contributed by atoms with Crippen molar-refractivity contribution in [2.75, 3.05) is 7.11 Å². The van der Waals surface area contributed by atoms with Crippen molar-refractivity contribution in [3.8, 4) is 0 Å². The van der Waals surface area contributed by atoms with E-state index in [-0.39, 0.29) is 12.2 Å². The molecule has 0 aliphatic rings. The molecule has 0 unspecified atom stereocenters. The summed E-state index contributed by atoms with van der Waals surface area (Å²) in [5.74, 6) is -0.488. The van der Waals surface area contributed by atoms with Crippen molar-refractivity contribution in [2.24, 2.45) is 0 Å². The fourth-order valence-corrected chi connectivity index (χ4v) is 2.14. The Morgan fingerprint density at radius 3 is 3.05 bits per heavy atom. The number of benzene rings is 1. The fraction of sp³-hybridized carbons (Fsp3) is 0.200. The standard InChI is InChI=1S/C10H9N5O4S/c1-19-9(16)6-14-10(11-12-13-14)20-8-4-2-3-7(5-8)15(17)18/h2-5H,6H2,1H3. The lowest BCUT2D eigenvalue weighted by Gasteiger charge is -2.02. The molecule has 20 heavy (non-hydrogen) atoms. The number of tetrazole rings is 1. The summed E-state index contributed by atoms with van der Waals surface area (Å²) in [7, 11) is 1.26. The molecule has 10 heteroatoms. The maximum Gasteiger partial charge on any atom is 0.327 e. The van der Waals surface area contributed by atoms with Gasteiger partial charge in [-0.2, -0.15) is 0 Å². The van der Waals surface area contributed by atoms with Crippen LogP contribution in [0.2, 0.25) is 0 Å². The summed E-state index contributed by atoms with van der Waals surface area (Å²) >= 11 is 1.12. The lowest BCUT2D eigenvalue weighted by molar-refractivity contribution is -0.385. The Bertz CT molecular complexity index is 644. The first-order valence-corrected chi connectivity index (χ1v) is 6.17. The summed E-state index contributed by atoms with van der Waals surface area (Å²) in [4.78, 5) is 22.0. The molecule has 0 atom stereocenters. The molecule has 1 heterocycles.